The van der Waals surface area contributed by atoms with Crippen LogP contribution in [0.3, 0.4) is 0 Å². The summed E-state index contributed by atoms with van der Waals surface area (Å²) in [6.45, 7) is 0. The minimum absolute atomic E-state index is 0.565. The van der Waals surface area contributed by atoms with E-state index in [4.69, 9.17) is 17.2 Å². The number of nitrogen functional groups attached to an aromatic ring is 1. The first kappa shape index (κ1) is 13.0. The van der Waals surface area contributed by atoms with Crippen molar-refractivity contribution in [3.63, 3.8) is 0 Å². The van der Waals surface area contributed by atoms with Crippen LogP contribution >= 0.6 is 0 Å². The van der Waals surface area contributed by atoms with Gasteiger partial charge in [-0.15, -0.1) is 0 Å². The number of anilines is 1. The van der Waals surface area contributed by atoms with Gasteiger partial charge in [-0.3, -0.25) is 0 Å². The number of rotatable bonds is 0. The first-order valence-corrected chi connectivity index (χ1v) is 6.00. The smallest absolute Gasteiger partial charge is 0.0313 e. The molecule has 3 nitrogen and oxygen atoms in total. The van der Waals surface area contributed by atoms with E-state index in [0.717, 1.165) is 5.69 Å². The lowest BCUT2D eigenvalue weighted by molar-refractivity contribution is 0.418. The minimum Gasteiger partial charge on any atom is -0.399 e. The van der Waals surface area contributed by atoms with Crippen molar-refractivity contribution < 1.29 is 0 Å². The first-order valence-electron chi connectivity index (χ1n) is 6.00. The van der Waals surface area contributed by atoms with Gasteiger partial charge in [0, 0.05) is 17.8 Å². The summed E-state index contributed by atoms with van der Waals surface area (Å²) >= 11 is 0. The van der Waals surface area contributed by atoms with Crippen molar-refractivity contribution in [1.82, 2.24) is 0 Å². The van der Waals surface area contributed by atoms with E-state index >= 15 is 0 Å². The van der Waals surface area contributed by atoms with E-state index in [0.29, 0.717) is 12.1 Å². The maximum absolute atomic E-state index is 5.38. The van der Waals surface area contributed by atoms with E-state index in [2.05, 4.69) is 0 Å². The lowest BCUT2D eigenvalue weighted by Gasteiger charge is -2.18. The Kier molecular flexibility index (Phi) is 5.90. The van der Waals surface area contributed by atoms with Crippen molar-refractivity contribution in [3.05, 3.63) is 30.3 Å². The molecule has 0 amide bonds. The Labute approximate surface area is 98.0 Å². The van der Waals surface area contributed by atoms with E-state index in [1.807, 2.05) is 30.3 Å². The van der Waals surface area contributed by atoms with Crippen molar-refractivity contribution in [2.75, 3.05) is 5.73 Å². The third-order valence-electron chi connectivity index (χ3n) is 2.57. The van der Waals surface area contributed by atoms with Crippen molar-refractivity contribution in [1.29, 1.82) is 0 Å². The molecule has 0 spiro atoms. The van der Waals surface area contributed by atoms with Gasteiger partial charge < -0.3 is 17.2 Å². The van der Waals surface area contributed by atoms with Gasteiger partial charge in [0.05, 0.1) is 0 Å². The van der Waals surface area contributed by atoms with E-state index in [1.54, 1.807) is 0 Å². The third-order valence-corrected chi connectivity index (χ3v) is 2.57. The molecule has 90 valence electrons. The molecule has 0 radical (unpaired) electrons. The van der Waals surface area contributed by atoms with Crippen LogP contribution in [0.2, 0.25) is 0 Å². The van der Waals surface area contributed by atoms with Crippen LogP contribution in [0.4, 0.5) is 5.69 Å². The maximum Gasteiger partial charge on any atom is 0.0313 e. The summed E-state index contributed by atoms with van der Waals surface area (Å²) in [7, 11) is 0. The Bertz CT molecular complexity index is 266. The highest BCUT2D eigenvalue weighted by molar-refractivity contribution is 5.35. The van der Waals surface area contributed by atoms with Crippen LogP contribution in [-0.2, 0) is 0 Å². The molecular formula is C13H23N3. The van der Waals surface area contributed by atoms with Gasteiger partial charge in [-0.1, -0.05) is 24.6 Å². The summed E-state index contributed by atoms with van der Waals surface area (Å²) in [4.78, 5) is 0. The number of nitrogens with two attached hydrogens (primary N) is 3. The molecule has 0 aliphatic heterocycles. The molecule has 0 aromatic heterocycles. The van der Waals surface area contributed by atoms with Crippen molar-refractivity contribution >= 4 is 5.69 Å². The van der Waals surface area contributed by atoms with Gasteiger partial charge in [-0.25, -0.2) is 0 Å². The van der Waals surface area contributed by atoms with Crippen LogP contribution in [0.5, 0.6) is 0 Å². The molecule has 2 saturated carbocycles. The lowest BCUT2D eigenvalue weighted by atomic mass is 9.95. The Balaban J connectivity index is 0.000000125. The zero-order valence-electron chi connectivity index (χ0n) is 9.81. The molecule has 1 aromatic carbocycles. The summed E-state index contributed by atoms with van der Waals surface area (Å²) in [6.07, 6.45) is 6.42. The summed E-state index contributed by atoms with van der Waals surface area (Å²) < 4.78 is 0. The molecule has 0 heterocycles. The van der Waals surface area contributed by atoms with Gasteiger partial charge in [0.25, 0.3) is 0 Å². The number of hydrogen-bond acceptors (Lipinski definition) is 3. The van der Waals surface area contributed by atoms with Crippen LogP contribution in [0.15, 0.2) is 30.3 Å². The fourth-order valence-electron chi connectivity index (χ4n) is 0.989. The van der Waals surface area contributed by atoms with Crippen LogP contribution in [0, 0.1) is 0 Å². The molecule has 6 N–H and O–H groups in total. The normalized spacial score (nSPS) is 18.4. The zero-order chi connectivity index (χ0) is 11.8. The average molecular weight is 221 g/mol. The van der Waals surface area contributed by atoms with Crippen LogP contribution < -0.4 is 17.2 Å². The molecule has 2 aliphatic rings. The van der Waals surface area contributed by atoms with Gasteiger partial charge in [0.2, 0.25) is 0 Å². The SMILES string of the molecule is NC1CC1.NC1CCC1.Nc1ccccc1. The predicted octanol–water partition coefficient (Wildman–Crippen LogP) is 1.87. The molecule has 0 bridgehead atoms. The highest BCUT2D eigenvalue weighted by Crippen LogP contribution is 2.14. The van der Waals surface area contributed by atoms with Gasteiger partial charge >= 0.3 is 0 Å². The summed E-state index contributed by atoms with van der Waals surface area (Å²) in [5.41, 5.74) is 16.8. The zero-order valence-corrected chi connectivity index (χ0v) is 9.81. The van der Waals surface area contributed by atoms with E-state index in [1.165, 1.54) is 32.1 Å². The first-order chi connectivity index (χ1) is 7.68. The molecule has 0 atom stereocenters. The van der Waals surface area contributed by atoms with Gasteiger partial charge in [0.1, 0.15) is 0 Å². The molecule has 3 rings (SSSR count). The monoisotopic (exact) mass is 221 g/mol. The fraction of sp³-hybridized carbons (Fsp3) is 0.538. The summed E-state index contributed by atoms with van der Waals surface area (Å²) in [5, 5.41) is 0. The van der Waals surface area contributed by atoms with Crippen molar-refractivity contribution in [2.24, 2.45) is 11.5 Å². The highest BCUT2D eigenvalue weighted by atomic mass is 14.7. The average Bonchev–Trinajstić information content (AvgIpc) is 3.01. The highest BCUT2D eigenvalue weighted by Gasteiger charge is 2.13. The van der Waals surface area contributed by atoms with Crippen molar-refractivity contribution in [3.8, 4) is 0 Å². The quantitative estimate of drug-likeness (QED) is 0.585. The lowest BCUT2D eigenvalue weighted by Crippen LogP contribution is -2.27. The molecular weight excluding hydrogens is 198 g/mol. The van der Waals surface area contributed by atoms with Crippen molar-refractivity contribution in [2.45, 2.75) is 44.2 Å². The van der Waals surface area contributed by atoms with E-state index in [9.17, 15) is 0 Å². The number of benzene rings is 1. The second kappa shape index (κ2) is 7.25. The van der Waals surface area contributed by atoms with E-state index in [-0.39, 0.29) is 0 Å². The van der Waals surface area contributed by atoms with Crippen LogP contribution in [0.1, 0.15) is 32.1 Å². The van der Waals surface area contributed by atoms with Crippen LogP contribution in [-0.4, -0.2) is 12.1 Å². The second-order valence-electron chi connectivity index (χ2n) is 4.44. The Morgan fingerprint density at radius 3 is 1.31 bits per heavy atom. The number of para-hydroxylation sites is 1. The predicted molar refractivity (Wildman–Crippen MR) is 69.9 cm³/mol. The second-order valence-corrected chi connectivity index (χ2v) is 4.44. The Hall–Kier alpha value is -1.06. The van der Waals surface area contributed by atoms with Gasteiger partial charge in [-0.05, 0) is 37.8 Å². The molecule has 16 heavy (non-hydrogen) atoms. The standard InChI is InChI=1S/C6H7N.C4H9N.C3H7N/c7-6-4-2-1-3-5-6;5-4-2-1-3-4;4-3-1-2-3/h1-5H,7H2;4H,1-3,5H2;3H,1-2,4H2. The molecule has 2 fully saturated rings. The maximum atomic E-state index is 5.38. The third kappa shape index (κ3) is 7.26. The Morgan fingerprint density at radius 1 is 0.812 bits per heavy atom. The summed E-state index contributed by atoms with van der Waals surface area (Å²) in [5.74, 6) is 0. The topological polar surface area (TPSA) is 78.1 Å². The minimum atomic E-state index is 0.565. The number of hydrogen-bond donors (Lipinski definition) is 3. The fourth-order valence-corrected chi connectivity index (χ4v) is 0.989. The van der Waals surface area contributed by atoms with Gasteiger partial charge in [0.15, 0.2) is 0 Å². The molecule has 1 aromatic rings. The molecule has 2 aliphatic carbocycles. The van der Waals surface area contributed by atoms with Gasteiger partial charge in [-0.2, -0.15) is 0 Å². The molecule has 0 saturated heterocycles. The Morgan fingerprint density at radius 2 is 1.19 bits per heavy atom. The summed E-state index contributed by atoms with van der Waals surface area (Å²) in [6, 6.07) is 10.6. The van der Waals surface area contributed by atoms with E-state index < -0.39 is 0 Å². The molecule has 3 heteroatoms. The van der Waals surface area contributed by atoms with Crippen LogP contribution in [0.25, 0.3) is 0 Å². The molecule has 0 unspecified atom stereocenters. The largest absolute Gasteiger partial charge is 0.399 e.